The minimum Gasteiger partial charge on any atom is -0.395 e. The first kappa shape index (κ1) is 18.5. The molecule has 0 aliphatic carbocycles. The Morgan fingerprint density at radius 3 is 2.36 bits per heavy atom. The van der Waals surface area contributed by atoms with Crippen molar-refractivity contribution in [1.29, 1.82) is 0 Å². The van der Waals surface area contributed by atoms with Gasteiger partial charge in [0.1, 0.15) is 0 Å². The molecule has 0 aliphatic rings. The lowest BCUT2D eigenvalue weighted by atomic mass is 10.0. The first-order valence-corrected chi connectivity index (χ1v) is 7.51. The molecule has 22 heavy (non-hydrogen) atoms. The number of unbranched alkanes of at least 4 members (excludes halogenated alkanes) is 2. The maximum atomic E-state index is 10.6. The summed E-state index contributed by atoms with van der Waals surface area (Å²) in [6.45, 7) is 1.49. The van der Waals surface area contributed by atoms with Gasteiger partial charge in [-0.3, -0.25) is 10.1 Å². The molecule has 0 bridgehead atoms. The van der Waals surface area contributed by atoms with E-state index in [1.807, 2.05) is 7.05 Å². The van der Waals surface area contributed by atoms with Crippen molar-refractivity contribution < 1.29 is 15.1 Å². The van der Waals surface area contributed by atoms with Crippen LogP contribution in [0, 0.1) is 10.1 Å². The lowest BCUT2D eigenvalue weighted by Crippen LogP contribution is -2.38. The zero-order chi connectivity index (χ0) is 16.4. The van der Waals surface area contributed by atoms with Gasteiger partial charge in [0, 0.05) is 12.1 Å². The van der Waals surface area contributed by atoms with Crippen molar-refractivity contribution in [3.63, 3.8) is 0 Å². The van der Waals surface area contributed by atoms with Gasteiger partial charge in [-0.1, -0.05) is 6.42 Å². The fourth-order valence-corrected chi connectivity index (χ4v) is 2.19. The number of nitro benzene ring substituents is 1. The zero-order valence-electron chi connectivity index (χ0n) is 12.9. The molecule has 0 aliphatic heterocycles. The van der Waals surface area contributed by atoms with Crippen LogP contribution in [0.4, 0.5) is 5.69 Å². The summed E-state index contributed by atoms with van der Waals surface area (Å²) >= 11 is 0. The SMILES string of the molecule is CNCCCCCN[C@H](CO)[C@H](O)c1ccc([N+](=O)[O-])cc1. The molecule has 1 rings (SSSR count). The number of rotatable bonds is 11. The first-order valence-electron chi connectivity index (χ1n) is 7.51. The average molecular weight is 311 g/mol. The van der Waals surface area contributed by atoms with Crippen LogP contribution < -0.4 is 10.6 Å². The summed E-state index contributed by atoms with van der Waals surface area (Å²) in [5.74, 6) is 0. The number of nitrogens with zero attached hydrogens (tertiary/aromatic N) is 1. The van der Waals surface area contributed by atoms with E-state index in [1.54, 1.807) is 0 Å². The Morgan fingerprint density at radius 2 is 1.82 bits per heavy atom. The fraction of sp³-hybridized carbons (Fsp3) is 0.600. The molecule has 0 aromatic heterocycles. The second-order valence-corrected chi connectivity index (χ2v) is 5.20. The molecule has 0 saturated carbocycles. The van der Waals surface area contributed by atoms with Gasteiger partial charge in [-0.15, -0.1) is 0 Å². The minimum absolute atomic E-state index is 0.0195. The van der Waals surface area contributed by atoms with E-state index >= 15 is 0 Å². The van der Waals surface area contributed by atoms with Gasteiger partial charge in [0.05, 0.1) is 23.7 Å². The highest BCUT2D eigenvalue weighted by atomic mass is 16.6. The smallest absolute Gasteiger partial charge is 0.269 e. The van der Waals surface area contributed by atoms with Crippen molar-refractivity contribution in [2.75, 3.05) is 26.7 Å². The van der Waals surface area contributed by atoms with E-state index in [9.17, 15) is 20.3 Å². The van der Waals surface area contributed by atoms with E-state index in [0.29, 0.717) is 12.1 Å². The van der Waals surface area contributed by atoms with Crippen LogP contribution in [0.15, 0.2) is 24.3 Å². The van der Waals surface area contributed by atoms with Gasteiger partial charge >= 0.3 is 0 Å². The Balaban J connectivity index is 2.46. The third-order valence-electron chi connectivity index (χ3n) is 3.53. The Morgan fingerprint density at radius 1 is 1.18 bits per heavy atom. The summed E-state index contributed by atoms with van der Waals surface area (Å²) in [6.07, 6.45) is 2.22. The third-order valence-corrected chi connectivity index (χ3v) is 3.53. The van der Waals surface area contributed by atoms with Crippen LogP contribution >= 0.6 is 0 Å². The molecule has 0 heterocycles. The van der Waals surface area contributed by atoms with Crippen LogP contribution in [0.5, 0.6) is 0 Å². The molecule has 7 heteroatoms. The molecular formula is C15H25N3O4. The number of benzene rings is 1. The van der Waals surface area contributed by atoms with E-state index in [1.165, 1.54) is 24.3 Å². The van der Waals surface area contributed by atoms with Gasteiger partial charge in [-0.2, -0.15) is 0 Å². The Bertz CT molecular complexity index is 439. The summed E-state index contributed by atoms with van der Waals surface area (Å²) in [5, 5.41) is 36.5. The van der Waals surface area contributed by atoms with Gasteiger partial charge in [-0.05, 0) is 50.7 Å². The predicted molar refractivity (Wildman–Crippen MR) is 84.7 cm³/mol. The van der Waals surface area contributed by atoms with Crippen LogP contribution in [-0.4, -0.2) is 47.9 Å². The predicted octanol–water partition coefficient (Wildman–Crippen LogP) is 0.968. The quantitative estimate of drug-likeness (QED) is 0.275. The van der Waals surface area contributed by atoms with Crippen molar-refractivity contribution in [1.82, 2.24) is 10.6 Å². The number of hydrogen-bond donors (Lipinski definition) is 4. The lowest BCUT2D eigenvalue weighted by molar-refractivity contribution is -0.384. The van der Waals surface area contributed by atoms with Gasteiger partial charge < -0.3 is 20.8 Å². The minimum atomic E-state index is -0.900. The van der Waals surface area contributed by atoms with E-state index in [-0.39, 0.29) is 12.3 Å². The van der Waals surface area contributed by atoms with Crippen LogP contribution in [0.2, 0.25) is 0 Å². The average Bonchev–Trinajstić information content (AvgIpc) is 2.54. The van der Waals surface area contributed by atoms with Gasteiger partial charge in [0.2, 0.25) is 0 Å². The largest absolute Gasteiger partial charge is 0.395 e. The van der Waals surface area contributed by atoms with E-state index in [0.717, 1.165) is 25.8 Å². The van der Waals surface area contributed by atoms with Gasteiger partial charge in [0.15, 0.2) is 0 Å². The van der Waals surface area contributed by atoms with Gasteiger partial charge in [-0.25, -0.2) is 0 Å². The number of hydrogen-bond acceptors (Lipinski definition) is 6. The standard InChI is InChI=1S/C15H25N3O4/c1-16-9-3-2-4-10-17-14(11-19)15(20)12-5-7-13(8-6-12)18(21)22/h5-8,14-17,19-20H,2-4,9-11H2,1H3/t14-,15-/m1/s1. The highest BCUT2D eigenvalue weighted by molar-refractivity contribution is 5.34. The van der Waals surface area contributed by atoms with Crippen LogP contribution in [0.1, 0.15) is 30.9 Å². The second kappa shape index (κ2) is 10.2. The maximum Gasteiger partial charge on any atom is 0.269 e. The molecule has 0 spiro atoms. The molecule has 2 atom stereocenters. The molecule has 0 fully saturated rings. The molecular weight excluding hydrogens is 286 g/mol. The second-order valence-electron chi connectivity index (χ2n) is 5.20. The van der Waals surface area contributed by atoms with E-state index < -0.39 is 17.1 Å². The molecule has 0 amide bonds. The fourth-order valence-electron chi connectivity index (χ4n) is 2.19. The summed E-state index contributed by atoms with van der Waals surface area (Å²) in [6, 6.07) is 5.25. The highest BCUT2D eigenvalue weighted by Crippen LogP contribution is 2.20. The van der Waals surface area contributed by atoms with Crippen molar-refractivity contribution in [2.45, 2.75) is 31.4 Å². The Kier molecular flexibility index (Phi) is 8.61. The van der Waals surface area contributed by atoms with Crippen LogP contribution in [0.3, 0.4) is 0 Å². The van der Waals surface area contributed by atoms with E-state index in [2.05, 4.69) is 10.6 Å². The Hall–Kier alpha value is -1.54. The van der Waals surface area contributed by atoms with Gasteiger partial charge in [0.25, 0.3) is 5.69 Å². The molecule has 124 valence electrons. The molecule has 0 radical (unpaired) electrons. The first-order chi connectivity index (χ1) is 10.6. The monoisotopic (exact) mass is 311 g/mol. The van der Waals surface area contributed by atoms with Crippen molar-refractivity contribution in [3.05, 3.63) is 39.9 Å². The zero-order valence-corrected chi connectivity index (χ0v) is 12.9. The van der Waals surface area contributed by atoms with Crippen molar-refractivity contribution in [3.8, 4) is 0 Å². The number of non-ortho nitro benzene ring substituents is 1. The van der Waals surface area contributed by atoms with E-state index in [4.69, 9.17) is 0 Å². The summed E-state index contributed by atoms with van der Waals surface area (Å²) in [5.41, 5.74) is 0.529. The molecule has 1 aromatic carbocycles. The van der Waals surface area contributed by atoms with Crippen molar-refractivity contribution in [2.24, 2.45) is 0 Å². The number of nitro groups is 1. The number of aliphatic hydroxyl groups excluding tert-OH is 2. The number of aliphatic hydroxyl groups is 2. The summed E-state index contributed by atoms with van der Waals surface area (Å²) in [4.78, 5) is 10.1. The lowest BCUT2D eigenvalue weighted by Gasteiger charge is -2.22. The molecule has 1 aromatic rings. The number of nitrogens with one attached hydrogen (secondary N) is 2. The van der Waals surface area contributed by atoms with Crippen LogP contribution in [0.25, 0.3) is 0 Å². The molecule has 0 saturated heterocycles. The van der Waals surface area contributed by atoms with Crippen LogP contribution in [-0.2, 0) is 0 Å². The highest BCUT2D eigenvalue weighted by Gasteiger charge is 2.20. The maximum absolute atomic E-state index is 10.6. The molecule has 0 unspecified atom stereocenters. The normalized spacial score (nSPS) is 13.8. The Labute approximate surface area is 130 Å². The van der Waals surface area contributed by atoms with Crippen molar-refractivity contribution >= 4 is 5.69 Å². The molecule has 4 N–H and O–H groups in total. The molecule has 7 nitrogen and oxygen atoms in total. The topological polar surface area (TPSA) is 108 Å². The summed E-state index contributed by atoms with van der Waals surface area (Å²) < 4.78 is 0. The summed E-state index contributed by atoms with van der Waals surface area (Å²) in [7, 11) is 1.92. The third kappa shape index (κ3) is 6.07.